The number of hydrogen-bond acceptors (Lipinski definition) is 3. The Bertz CT molecular complexity index is 688. The molecule has 27 heavy (non-hydrogen) atoms. The topological polar surface area (TPSA) is 52.7 Å². The lowest BCUT2D eigenvalue weighted by Crippen LogP contribution is -2.48. The number of nitrogens with one attached hydrogen (secondary N) is 1. The molecule has 148 valence electrons. The third-order valence-corrected chi connectivity index (χ3v) is 6.34. The van der Waals surface area contributed by atoms with Crippen molar-refractivity contribution in [3.8, 4) is 0 Å². The van der Waals surface area contributed by atoms with E-state index >= 15 is 0 Å². The van der Waals surface area contributed by atoms with Crippen molar-refractivity contribution in [1.82, 2.24) is 9.80 Å². The highest BCUT2D eigenvalue weighted by Crippen LogP contribution is 2.36. The van der Waals surface area contributed by atoms with E-state index in [0.29, 0.717) is 12.5 Å². The summed E-state index contributed by atoms with van der Waals surface area (Å²) in [6.45, 7) is 6.35. The van der Waals surface area contributed by atoms with Crippen molar-refractivity contribution in [2.24, 2.45) is 11.8 Å². The standard InChI is InChI=1S/C22H33N3O2/c1-16-7-6-10-20(17(16)2)23-21(26)14-24(3)15-22(27)25-12-11-18-8-4-5-9-19(18)13-25/h6-7,10,18-19H,4-5,8-9,11-15H2,1-3H3,(H,23,26)/t18-,19-/m1/s1. The number of carbonyl (C=O) groups is 2. The molecule has 0 aromatic heterocycles. The number of hydrogen-bond donors (Lipinski definition) is 1. The maximum absolute atomic E-state index is 12.7. The SMILES string of the molecule is Cc1cccc(NC(=O)CN(C)CC(=O)N2CC[C@H]3CCCC[C@@H]3C2)c1C. The van der Waals surface area contributed by atoms with Crippen LogP contribution < -0.4 is 5.32 Å². The van der Waals surface area contributed by atoms with Crippen LogP contribution in [0.4, 0.5) is 5.69 Å². The van der Waals surface area contributed by atoms with Crippen LogP contribution in [0.2, 0.25) is 0 Å². The van der Waals surface area contributed by atoms with E-state index in [1.807, 2.05) is 48.9 Å². The summed E-state index contributed by atoms with van der Waals surface area (Å²) in [7, 11) is 1.84. The maximum atomic E-state index is 12.7. The second-order valence-electron chi connectivity index (χ2n) is 8.40. The normalized spacial score (nSPS) is 22.4. The first-order valence-electron chi connectivity index (χ1n) is 10.3. The Balaban J connectivity index is 1.47. The molecule has 1 aromatic rings. The molecule has 5 nitrogen and oxygen atoms in total. The number of carbonyl (C=O) groups excluding carboxylic acids is 2. The number of rotatable bonds is 5. The van der Waals surface area contributed by atoms with Crippen molar-refractivity contribution in [2.75, 3.05) is 38.5 Å². The monoisotopic (exact) mass is 371 g/mol. The molecule has 0 bridgehead atoms. The van der Waals surface area contributed by atoms with Gasteiger partial charge in [0.1, 0.15) is 0 Å². The molecule has 1 heterocycles. The van der Waals surface area contributed by atoms with Gasteiger partial charge in [0, 0.05) is 18.8 Å². The molecule has 1 aliphatic heterocycles. The predicted molar refractivity (Wildman–Crippen MR) is 109 cm³/mol. The first-order valence-corrected chi connectivity index (χ1v) is 10.3. The van der Waals surface area contributed by atoms with Crippen LogP contribution in [0.5, 0.6) is 0 Å². The molecule has 1 saturated carbocycles. The molecule has 0 radical (unpaired) electrons. The number of aryl methyl sites for hydroxylation is 1. The third kappa shape index (κ3) is 5.10. The number of anilines is 1. The van der Waals surface area contributed by atoms with Crippen LogP contribution in [0, 0.1) is 25.7 Å². The van der Waals surface area contributed by atoms with Gasteiger partial charge in [0.25, 0.3) is 0 Å². The van der Waals surface area contributed by atoms with Crippen molar-refractivity contribution >= 4 is 17.5 Å². The molecular formula is C22H33N3O2. The van der Waals surface area contributed by atoms with Crippen molar-refractivity contribution in [3.63, 3.8) is 0 Å². The lowest BCUT2D eigenvalue weighted by molar-refractivity contribution is -0.135. The molecular weight excluding hydrogens is 338 g/mol. The van der Waals surface area contributed by atoms with Crippen LogP contribution in [0.1, 0.15) is 43.2 Å². The summed E-state index contributed by atoms with van der Waals surface area (Å²) in [6, 6.07) is 5.89. The Kier molecular flexibility index (Phi) is 6.53. The summed E-state index contributed by atoms with van der Waals surface area (Å²) in [5.41, 5.74) is 3.08. The smallest absolute Gasteiger partial charge is 0.238 e. The van der Waals surface area contributed by atoms with Gasteiger partial charge in [0.05, 0.1) is 13.1 Å². The molecule has 1 aromatic carbocycles. The highest BCUT2D eigenvalue weighted by atomic mass is 16.2. The Morgan fingerprint density at radius 3 is 2.63 bits per heavy atom. The van der Waals surface area contributed by atoms with Gasteiger partial charge in [-0.15, -0.1) is 0 Å². The zero-order valence-electron chi connectivity index (χ0n) is 17.0. The minimum Gasteiger partial charge on any atom is -0.341 e. The molecule has 1 aliphatic carbocycles. The zero-order chi connectivity index (χ0) is 19.4. The molecule has 1 saturated heterocycles. The van der Waals surface area contributed by atoms with E-state index in [9.17, 15) is 9.59 Å². The van der Waals surface area contributed by atoms with Crippen LogP contribution in [-0.4, -0.2) is 54.8 Å². The number of benzene rings is 1. The van der Waals surface area contributed by atoms with Gasteiger partial charge < -0.3 is 10.2 Å². The first kappa shape index (κ1) is 19.9. The molecule has 2 atom stereocenters. The van der Waals surface area contributed by atoms with Crippen LogP contribution in [0.15, 0.2) is 18.2 Å². The first-order chi connectivity index (χ1) is 12.9. The average Bonchev–Trinajstić information content (AvgIpc) is 2.64. The molecule has 0 unspecified atom stereocenters. The molecule has 2 fully saturated rings. The lowest BCUT2D eigenvalue weighted by atomic mass is 9.75. The Morgan fingerprint density at radius 2 is 1.85 bits per heavy atom. The van der Waals surface area contributed by atoms with Gasteiger partial charge in [0.15, 0.2) is 0 Å². The van der Waals surface area contributed by atoms with Crippen molar-refractivity contribution < 1.29 is 9.59 Å². The minimum absolute atomic E-state index is 0.0787. The summed E-state index contributed by atoms with van der Waals surface area (Å²) in [5.74, 6) is 1.59. The average molecular weight is 372 g/mol. The van der Waals surface area contributed by atoms with E-state index in [1.165, 1.54) is 25.7 Å². The van der Waals surface area contributed by atoms with E-state index in [2.05, 4.69) is 5.32 Å². The zero-order valence-corrected chi connectivity index (χ0v) is 17.0. The summed E-state index contributed by atoms with van der Waals surface area (Å²) in [4.78, 5) is 28.9. The third-order valence-electron chi connectivity index (χ3n) is 6.34. The fourth-order valence-electron chi connectivity index (χ4n) is 4.54. The van der Waals surface area contributed by atoms with Gasteiger partial charge in [0.2, 0.25) is 11.8 Å². The number of likely N-dealkylation sites (N-methyl/N-ethyl adjacent to an activating group) is 1. The summed E-state index contributed by atoms with van der Waals surface area (Å²) in [6.07, 6.45) is 6.41. The number of piperidine rings is 1. The Labute approximate surface area is 163 Å². The molecule has 1 N–H and O–H groups in total. The van der Waals surface area contributed by atoms with E-state index in [0.717, 1.165) is 42.2 Å². The van der Waals surface area contributed by atoms with Crippen LogP contribution in [0.3, 0.4) is 0 Å². The quantitative estimate of drug-likeness (QED) is 0.865. The van der Waals surface area contributed by atoms with Crippen LogP contribution >= 0.6 is 0 Å². The number of amides is 2. The second-order valence-corrected chi connectivity index (χ2v) is 8.40. The van der Waals surface area contributed by atoms with Crippen molar-refractivity contribution in [3.05, 3.63) is 29.3 Å². The maximum Gasteiger partial charge on any atom is 0.238 e. The lowest BCUT2D eigenvalue weighted by Gasteiger charge is -2.41. The van der Waals surface area contributed by atoms with E-state index in [4.69, 9.17) is 0 Å². The Hall–Kier alpha value is -1.88. The van der Waals surface area contributed by atoms with E-state index < -0.39 is 0 Å². The van der Waals surface area contributed by atoms with Crippen molar-refractivity contribution in [2.45, 2.75) is 46.0 Å². The molecule has 2 aliphatic rings. The molecule has 2 amide bonds. The van der Waals surface area contributed by atoms with Gasteiger partial charge >= 0.3 is 0 Å². The van der Waals surface area contributed by atoms with Gasteiger partial charge in [-0.1, -0.05) is 31.4 Å². The molecule has 5 heteroatoms. The Morgan fingerprint density at radius 1 is 1.11 bits per heavy atom. The van der Waals surface area contributed by atoms with Crippen LogP contribution in [-0.2, 0) is 9.59 Å². The van der Waals surface area contributed by atoms with Gasteiger partial charge in [-0.3, -0.25) is 14.5 Å². The predicted octanol–water partition coefficient (Wildman–Crippen LogP) is 3.21. The molecule has 3 rings (SSSR count). The molecule has 0 spiro atoms. The number of likely N-dealkylation sites (tertiary alicyclic amines) is 1. The largest absolute Gasteiger partial charge is 0.341 e. The summed E-state index contributed by atoms with van der Waals surface area (Å²) in [5, 5.41) is 2.97. The number of fused-ring (bicyclic) bond motifs is 1. The summed E-state index contributed by atoms with van der Waals surface area (Å²) >= 11 is 0. The van der Waals surface area contributed by atoms with E-state index in [1.54, 1.807) is 0 Å². The van der Waals surface area contributed by atoms with Crippen LogP contribution in [0.25, 0.3) is 0 Å². The fourth-order valence-corrected chi connectivity index (χ4v) is 4.54. The van der Waals surface area contributed by atoms with Gasteiger partial charge in [-0.25, -0.2) is 0 Å². The minimum atomic E-state index is -0.0787. The highest BCUT2D eigenvalue weighted by Gasteiger charge is 2.33. The fraction of sp³-hybridized carbons (Fsp3) is 0.636. The summed E-state index contributed by atoms with van der Waals surface area (Å²) < 4.78 is 0. The van der Waals surface area contributed by atoms with Gasteiger partial charge in [-0.2, -0.15) is 0 Å². The van der Waals surface area contributed by atoms with E-state index in [-0.39, 0.29) is 18.4 Å². The van der Waals surface area contributed by atoms with Crippen molar-refractivity contribution in [1.29, 1.82) is 0 Å². The number of nitrogens with zero attached hydrogens (tertiary/aromatic N) is 2. The highest BCUT2D eigenvalue weighted by molar-refractivity contribution is 5.93. The van der Waals surface area contributed by atoms with Gasteiger partial charge in [-0.05, 0) is 62.8 Å². The second kappa shape index (κ2) is 8.87.